The molecule has 2 aromatic rings. The Bertz CT molecular complexity index is 804. The van der Waals surface area contributed by atoms with Crippen LogP contribution in [0.1, 0.15) is 5.56 Å². The monoisotopic (exact) mass is 268 g/mol. The number of nitrogens with zero attached hydrogens (tertiary/aromatic N) is 2. The Kier molecular flexibility index (Phi) is 2.69. The summed E-state index contributed by atoms with van der Waals surface area (Å²) in [6, 6.07) is 8.13. The zero-order valence-electron chi connectivity index (χ0n) is 10.1. The molecule has 2 heterocycles. The van der Waals surface area contributed by atoms with Crippen LogP contribution in [-0.2, 0) is 4.79 Å². The van der Waals surface area contributed by atoms with E-state index in [2.05, 4.69) is 15.5 Å². The van der Waals surface area contributed by atoms with Crippen molar-refractivity contribution in [2.24, 2.45) is 0 Å². The molecule has 1 aromatic heterocycles. The van der Waals surface area contributed by atoms with E-state index in [1.807, 2.05) is 6.07 Å². The number of aromatic amines is 1. The molecule has 0 fully saturated rings. The van der Waals surface area contributed by atoms with E-state index in [4.69, 9.17) is 10.00 Å². The van der Waals surface area contributed by atoms with E-state index >= 15 is 0 Å². The van der Waals surface area contributed by atoms with Gasteiger partial charge in [0.15, 0.2) is 6.61 Å². The highest BCUT2D eigenvalue weighted by Crippen LogP contribution is 2.32. The van der Waals surface area contributed by atoms with E-state index in [-0.39, 0.29) is 18.1 Å². The van der Waals surface area contributed by atoms with Crippen molar-refractivity contribution >= 4 is 11.6 Å². The summed E-state index contributed by atoms with van der Waals surface area (Å²) in [6.45, 7) is -0.0211. The van der Waals surface area contributed by atoms with Gasteiger partial charge in [0.2, 0.25) is 0 Å². The van der Waals surface area contributed by atoms with Gasteiger partial charge in [0.05, 0.1) is 11.3 Å². The number of anilines is 1. The summed E-state index contributed by atoms with van der Waals surface area (Å²) in [4.78, 5) is 22.5. The van der Waals surface area contributed by atoms with Gasteiger partial charge in [-0.1, -0.05) is 0 Å². The van der Waals surface area contributed by atoms with Crippen molar-refractivity contribution in [1.29, 1.82) is 5.26 Å². The molecule has 0 unspecified atom stereocenters. The van der Waals surface area contributed by atoms with Gasteiger partial charge >= 0.3 is 0 Å². The predicted octanol–water partition coefficient (Wildman–Crippen LogP) is 0.639. The second kappa shape index (κ2) is 4.51. The SMILES string of the molecule is N#Cc1cc(=O)[nH]nc1-c1ccc2c(c1)NC(=O)CO2. The lowest BCUT2D eigenvalue weighted by Gasteiger charge is -2.18. The van der Waals surface area contributed by atoms with Gasteiger partial charge in [-0.2, -0.15) is 10.4 Å². The summed E-state index contributed by atoms with van der Waals surface area (Å²) >= 11 is 0. The fourth-order valence-electron chi connectivity index (χ4n) is 1.94. The number of nitrogens with one attached hydrogen (secondary N) is 2. The van der Waals surface area contributed by atoms with Crippen molar-refractivity contribution < 1.29 is 9.53 Å². The first-order valence-electron chi connectivity index (χ1n) is 5.74. The summed E-state index contributed by atoms with van der Waals surface area (Å²) < 4.78 is 5.25. The lowest BCUT2D eigenvalue weighted by atomic mass is 10.1. The van der Waals surface area contributed by atoms with Crippen LogP contribution >= 0.6 is 0 Å². The van der Waals surface area contributed by atoms with Crippen LogP contribution in [-0.4, -0.2) is 22.7 Å². The summed E-state index contributed by atoms with van der Waals surface area (Å²) in [5.41, 5.74) is 1.17. The fourth-order valence-corrected chi connectivity index (χ4v) is 1.94. The zero-order valence-corrected chi connectivity index (χ0v) is 10.1. The van der Waals surface area contributed by atoms with Crippen LogP contribution in [0, 0.1) is 11.3 Å². The van der Waals surface area contributed by atoms with Crippen LogP contribution in [0.5, 0.6) is 5.75 Å². The Morgan fingerprint density at radius 2 is 2.15 bits per heavy atom. The summed E-state index contributed by atoms with van der Waals surface area (Å²) in [5.74, 6) is 0.306. The lowest BCUT2D eigenvalue weighted by Crippen LogP contribution is -2.25. The van der Waals surface area contributed by atoms with Crippen LogP contribution in [0.25, 0.3) is 11.3 Å². The minimum Gasteiger partial charge on any atom is -0.482 e. The standard InChI is InChI=1S/C13H8N4O3/c14-5-8-4-11(18)16-17-13(8)7-1-2-10-9(3-7)15-12(19)6-20-10/h1-4H,6H2,(H,15,19)(H,16,18). The van der Waals surface area contributed by atoms with Gasteiger partial charge < -0.3 is 10.1 Å². The fraction of sp³-hybridized carbons (Fsp3) is 0.0769. The number of fused-ring (bicyclic) bond motifs is 1. The molecule has 0 radical (unpaired) electrons. The quantitative estimate of drug-likeness (QED) is 0.789. The molecule has 98 valence electrons. The van der Waals surface area contributed by atoms with Crippen molar-refractivity contribution in [3.63, 3.8) is 0 Å². The maximum absolute atomic E-state index is 11.3. The molecule has 2 N–H and O–H groups in total. The van der Waals surface area contributed by atoms with Gasteiger partial charge in [-0.05, 0) is 18.2 Å². The van der Waals surface area contributed by atoms with Gasteiger partial charge in [0.25, 0.3) is 11.5 Å². The number of hydrogen-bond acceptors (Lipinski definition) is 5. The Morgan fingerprint density at radius 3 is 2.95 bits per heavy atom. The molecule has 0 bridgehead atoms. The molecule has 3 rings (SSSR count). The van der Waals surface area contributed by atoms with Gasteiger partial charge in [0.1, 0.15) is 17.5 Å². The van der Waals surface area contributed by atoms with E-state index in [0.717, 1.165) is 0 Å². The molecular weight excluding hydrogens is 260 g/mol. The maximum Gasteiger partial charge on any atom is 0.265 e. The molecule has 20 heavy (non-hydrogen) atoms. The number of carbonyl (C=O) groups excluding carboxylic acids is 1. The van der Waals surface area contributed by atoms with E-state index in [1.54, 1.807) is 18.2 Å². The molecule has 0 spiro atoms. The van der Waals surface area contributed by atoms with E-state index in [0.29, 0.717) is 22.7 Å². The average molecular weight is 268 g/mol. The largest absolute Gasteiger partial charge is 0.482 e. The minimum atomic E-state index is -0.445. The van der Waals surface area contributed by atoms with Crippen molar-refractivity contribution in [3.8, 4) is 23.1 Å². The Balaban J connectivity index is 2.12. The summed E-state index contributed by atoms with van der Waals surface area (Å²) in [6.07, 6.45) is 0. The average Bonchev–Trinajstić information content (AvgIpc) is 2.46. The van der Waals surface area contributed by atoms with Crippen LogP contribution in [0.15, 0.2) is 29.1 Å². The third-order valence-corrected chi connectivity index (χ3v) is 2.81. The van der Waals surface area contributed by atoms with Crippen LogP contribution < -0.4 is 15.6 Å². The second-order valence-electron chi connectivity index (χ2n) is 4.15. The minimum absolute atomic E-state index is 0.0211. The molecule has 0 aliphatic carbocycles. The van der Waals surface area contributed by atoms with Crippen LogP contribution in [0.4, 0.5) is 5.69 Å². The first kappa shape index (κ1) is 11.9. The van der Waals surface area contributed by atoms with E-state index in [9.17, 15) is 9.59 Å². The van der Waals surface area contributed by atoms with Crippen molar-refractivity contribution in [2.45, 2.75) is 0 Å². The predicted molar refractivity (Wildman–Crippen MR) is 69.1 cm³/mol. The Labute approximate surface area is 112 Å². The number of nitriles is 1. The second-order valence-corrected chi connectivity index (χ2v) is 4.15. The number of rotatable bonds is 1. The summed E-state index contributed by atoms with van der Waals surface area (Å²) in [5, 5.41) is 17.9. The third kappa shape index (κ3) is 1.99. The Hall–Kier alpha value is -3.14. The number of ether oxygens (including phenoxy) is 1. The molecule has 1 aliphatic rings. The first-order chi connectivity index (χ1) is 9.67. The number of H-pyrrole nitrogens is 1. The van der Waals surface area contributed by atoms with Crippen LogP contribution in [0.2, 0.25) is 0 Å². The van der Waals surface area contributed by atoms with Gasteiger partial charge in [0, 0.05) is 11.6 Å². The van der Waals surface area contributed by atoms with Crippen molar-refractivity contribution in [3.05, 3.63) is 40.2 Å². The molecule has 0 saturated heterocycles. The maximum atomic E-state index is 11.3. The Morgan fingerprint density at radius 1 is 1.30 bits per heavy atom. The zero-order chi connectivity index (χ0) is 14.1. The lowest BCUT2D eigenvalue weighted by molar-refractivity contribution is -0.118. The molecule has 1 amide bonds. The smallest absolute Gasteiger partial charge is 0.265 e. The van der Waals surface area contributed by atoms with Gasteiger partial charge in [-0.15, -0.1) is 0 Å². The van der Waals surface area contributed by atoms with E-state index < -0.39 is 5.56 Å². The third-order valence-electron chi connectivity index (χ3n) is 2.81. The molecular formula is C13H8N4O3. The highest BCUT2D eigenvalue weighted by molar-refractivity contribution is 5.96. The normalized spacial score (nSPS) is 12.8. The molecule has 7 nitrogen and oxygen atoms in total. The first-order valence-corrected chi connectivity index (χ1v) is 5.74. The summed E-state index contributed by atoms with van der Waals surface area (Å²) in [7, 11) is 0. The molecule has 0 saturated carbocycles. The molecule has 0 atom stereocenters. The number of benzene rings is 1. The van der Waals surface area contributed by atoms with Gasteiger partial charge in [-0.25, -0.2) is 5.10 Å². The number of amides is 1. The van der Waals surface area contributed by atoms with Crippen molar-refractivity contribution in [2.75, 3.05) is 11.9 Å². The highest BCUT2D eigenvalue weighted by Gasteiger charge is 2.17. The molecule has 1 aliphatic heterocycles. The number of hydrogen-bond donors (Lipinski definition) is 2. The topological polar surface area (TPSA) is 108 Å². The number of aromatic nitrogens is 2. The van der Waals surface area contributed by atoms with E-state index in [1.165, 1.54) is 6.07 Å². The molecule has 1 aromatic carbocycles. The van der Waals surface area contributed by atoms with Crippen molar-refractivity contribution in [1.82, 2.24) is 10.2 Å². The highest BCUT2D eigenvalue weighted by atomic mass is 16.5. The molecule has 7 heteroatoms. The van der Waals surface area contributed by atoms with Gasteiger partial charge in [-0.3, -0.25) is 9.59 Å². The number of carbonyl (C=O) groups is 1. The van der Waals surface area contributed by atoms with Crippen LogP contribution in [0.3, 0.4) is 0 Å².